The van der Waals surface area contributed by atoms with Crippen LogP contribution in [-0.4, -0.2) is 34.5 Å². The summed E-state index contributed by atoms with van der Waals surface area (Å²) in [6.07, 6.45) is 0. The third-order valence-electron chi connectivity index (χ3n) is 9.60. The summed E-state index contributed by atoms with van der Waals surface area (Å²) in [6, 6.07) is 62.1. The van der Waals surface area contributed by atoms with Crippen molar-refractivity contribution >= 4 is 21.8 Å². The van der Waals surface area contributed by atoms with Crippen molar-refractivity contribution in [2.75, 3.05) is 0 Å². The summed E-state index contributed by atoms with van der Waals surface area (Å²) < 4.78 is 8.71. The van der Waals surface area contributed by atoms with Crippen LogP contribution in [-0.2, 0) is 0 Å². The molecule has 8 heteroatoms. The van der Waals surface area contributed by atoms with Crippen molar-refractivity contribution < 1.29 is 4.74 Å². The average Bonchev–Trinajstić information content (AvgIpc) is 3.62. The topological polar surface area (TPSA) is 91.5 Å². The fraction of sp³-hybridized carbons (Fsp3) is 0. The van der Waals surface area contributed by atoms with E-state index in [1.807, 2.05) is 152 Å². The number of fused-ring (bicyclic) bond motifs is 3. The molecule has 0 aliphatic carbocycles. The zero-order valence-electron chi connectivity index (χ0n) is 29.9. The summed E-state index contributed by atoms with van der Waals surface area (Å²) in [5, 5.41) is 2.26. The molecule has 264 valence electrons. The van der Waals surface area contributed by atoms with E-state index in [0.29, 0.717) is 46.6 Å². The van der Waals surface area contributed by atoms with Crippen molar-refractivity contribution in [3.05, 3.63) is 188 Å². The van der Waals surface area contributed by atoms with E-state index >= 15 is 0 Å². The third-order valence-corrected chi connectivity index (χ3v) is 9.60. The predicted molar refractivity (Wildman–Crippen MR) is 221 cm³/mol. The Morgan fingerprint density at radius 3 is 1.25 bits per heavy atom. The SMILES string of the molecule is c1ccc(-c2nc(-c3ccccc3)nc(-c3ccc(Oc4ccccc4-c4nc(-c5ccccc5)nc(-n5c6ccccc6c6ccccc65)n4)cc3)n2)cc1. The first-order chi connectivity index (χ1) is 27.7. The summed E-state index contributed by atoms with van der Waals surface area (Å²) >= 11 is 0. The number of hydrogen-bond acceptors (Lipinski definition) is 7. The number of nitrogens with zero attached hydrogens (tertiary/aromatic N) is 7. The molecular weight excluding hydrogens is 691 g/mol. The van der Waals surface area contributed by atoms with Gasteiger partial charge in [-0.3, -0.25) is 4.57 Å². The Morgan fingerprint density at radius 2 is 0.714 bits per heavy atom. The molecule has 0 spiro atoms. The Labute approximate surface area is 322 Å². The number of ether oxygens (including phenoxy) is 1. The van der Waals surface area contributed by atoms with Crippen LogP contribution in [0.2, 0.25) is 0 Å². The lowest BCUT2D eigenvalue weighted by Crippen LogP contribution is -2.06. The molecule has 0 saturated heterocycles. The molecule has 0 aliphatic rings. The zero-order chi connectivity index (χ0) is 37.3. The molecule has 56 heavy (non-hydrogen) atoms. The van der Waals surface area contributed by atoms with E-state index in [-0.39, 0.29) is 0 Å². The molecule has 7 aromatic carbocycles. The average molecular weight is 722 g/mol. The molecular formula is C48H31N7O. The van der Waals surface area contributed by atoms with Gasteiger partial charge in [0, 0.05) is 33.0 Å². The maximum atomic E-state index is 6.60. The molecule has 8 nitrogen and oxygen atoms in total. The van der Waals surface area contributed by atoms with Gasteiger partial charge < -0.3 is 4.74 Å². The first-order valence-electron chi connectivity index (χ1n) is 18.3. The van der Waals surface area contributed by atoms with E-state index < -0.39 is 0 Å². The molecule has 0 bridgehead atoms. The van der Waals surface area contributed by atoms with Crippen LogP contribution in [0, 0.1) is 0 Å². The highest BCUT2D eigenvalue weighted by Crippen LogP contribution is 2.36. The van der Waals surface area contributed by atoms with Crippen LogP contribution in [0.3, 0.4) is 0 Å². The number of rotatable bonds is 8. The van der Waals surface area contributed by atoms with Gasteiger partial charge in [0.2, 0.25) is 5.95 Å². The summed E-state index contributed by atoms with van der Waals surface area (Å²) in [5.41, 5.74) is 6.31. The van der Waals surface area contributed by atoms with Gasteiger partial charge in [-0.2, -0.15) is 9.97 Å². The van der Waals surface area contributed by atoms with E-state index in [1.54, 1.807) is 0 Å². The largest absolute Gasteiger partial charge is 0.457 e. The van der Waals surface area contributed by atoms with Gasteiger partial charge in [0.1, 0.15) is 11.5 Å². The Balaban J connectivity index is 1.04. The van der Waals surface area contributed by atoms with Crippen molar-refractivity contribution in [1.29, 1.82) is 0 Å². The minimum atomic E-state index is 0.495. The first-order valence-corrected chi connectivity index (χ1v) is 18.3. The molecule has 0 radical (unpaired) electrons. The molecule has 0 saturated carbocycles. The zero-order valence-corrected chi connectivity index (χ0v) is 29.9. The van der Waals surface area contributed by atoms with Crippen LogP contribution >= 0.6 is 0 Å². The van der Waals surface area contributed by atoms with Gasteiger partial charge in [0.05, 0.1) is 16.6 Å². The van der Waals surface area contributed by atoms with Crippen molar-refractivity contribution in [1.82, 2.24) is 34.5 Å². The quantitative estimate of drug-likeness (QED) is 0.154. The van der Waals surface area contributed by atoms with Gasteiger partial charge in [-0.1, -0.05) is 140 Å². The number of benzene rings is 7. The van der Waals surface area contributed by atoms with Crippen molar-refractivity contribution in [2.24, 2.45) is 0 Å². The number of hydrogen-bond donors (Lipinski definition) is 0. The second-order valence-corrected chi connectivity index (χ2v) is 13.2. The lowest BCUT2D eigenvalue weighted by Gasteiger charge is -2.14. The molecule has 0 N–H and O–H groups in total. The molecule has 0 amide bonds. The smallest absolute Gasteiger partial charge is 0.238 e. The molecule has 0 fully saturated rings. The molecule has 0 unspecified atom stereocenters. The summed E-state index contributed by atoms with van der Waals surface area (Å²) in [5.74, 6) is 4.61. The van der Waals surface area contributed by atoms with E-state index in [0.717, 1.165) is 49.6 Å². The van der Waals surface area contributed by atoms with E-state index in [9.17, 15) is 0 Å². The minimum absolute atomic E-state index is 0.495. The van der Waals surface area contributed by atoms with Gasteiger partial charge in [0.15, 0.2) is 29.1 Å². The Kier molecular flexibility index (Phi) is 8.31. The van der Waals surface area contributed by atoms with Crippen LogP contribution in [0.15, 0.2) is 188 Å². The van der Waals surface area contributed by atoms with Crippen LogP contribution < -0.4 is 4.74 Å². The van der Waals surface area contributed by atoms with Crippen LogP contribution in [0.25, 0.3) is 84.7 Å². The van der Waals surface area contributed by atoms with Crippen molar-refractivity contribution in [3.8, 4) is 74.4 Å². The second-order valence-electron chi connectivity index (χ2n) is 13.2. The Bertz CT molecular complexity index is 2880. The monoisotopic (exact) mass is 721 g/mol. The maximum Gasteiger partial charge on any atom is 0.238 e. The van der Waals surface area contributed by atoms with E-state index in [1.165, 1.54) is 0 Å². The highest BCUT2D eigenvalue weighted by atomic mass is 16.5. The summed E-state index contributed by atoms with van der Waals surface area (Å²) in [6.45, 7) is 0. The van der Waals surface area contributed by atoms with Gasteiger partial charge in [-0.05, 0) is 48.5 Å². The predicted octanol–water partition coefficient (Wildman–Crippen LogP) is 11.3. The maximum absolute atomic E-state index is 6.60. The first kappa shape index (κ1) is 32.8. The van der Waals surface area contributed by atoms with Gasteiger partial charge in [-0.15, -0.1) is 0 Å². The number of aromatic nitrogens is 7. The lowest BCUT2D eigenvalue weighted by molar-refractivity contribution is 0.484. The van der Waals surface area contributed by atoms with E-state index in [2.05, 4.69) is 41.0 Å². The Morgan fingerprint density at radius 1 is 0.321 bits per heavy atom. The van der Waals surface area contributed by atoms with Crippen LogP contribution in [0.5, 0.6) is 11.5 Å². The van der Waals surface area contributed by atoms with Gasteiger partial charge >= 0.3 is 0 Å². The normalized spacial score (nSPS) is 11.2. The van der Waals surface area contributed by atoms with Gasteiger partial charge in [0.25, 0.3) is 0 Å². The minimum Gasteiger partial charge on any atom is -0.457 e. The molecule has 10 rings (SSSR count). The van der Waals surface area contributed by atoms with E-state index in [4.69, 9.17) is 34.6 Å². The molecule has 0 atom stereocenters. The molecule has 3 heterocycles. The standard InChI is InChI=1S/C48H31N7O/c1-4-16-32(17-5-1)43-49-44(33-18-6-2-7-19-33)51-45(50-43)35-28-30-36(31-29-35)56-42-27-15-12-24-39(42)47-52-46(34-20-8-3-9-21-34)53-48(54-47)55-40-25-13-10-22-37(40)38-23-11-14-26-41(38)55/h1-31H. The van der Waals surface area contributed by atoms with Crippen molar-refractivity contribution in [3.63, 3.8) is 0 Å². The fourth-order valence-corrected chi connectivity index (χ4v) is 6.92. The molecule has 10 aromatic rings. The third kappa shape index (κ3) is 6.21. The van der Waals surface area contributed by atoms with Gasteiger partial charge in [-0.25, -0.2) is 19.9 Å². The summed E-state index contributed by atoms with van der Waals surface area (Å²) in [4.78, 5) is 29.8. The second kappa shape index (κ2) is 14.2. The molecule has 0 aliphatic heterocycles. The highest BCUT2D eigenvalue weighted by Gasteiger charge is 2.20. The van der Waals surface area contributed by atoms with Crippen molar-refractivity contribution in [2.45, 2.75) is 0 Å². The number of para-hydroxylation sites is 3. The Hall–Kier alpha value is -7.84. The van der Waals surface area contributed by atoms with Crippen LogP contribution in [0.1, 0.15) is 0 Å². The lowest BCUT2D eigenvalue weighted by atomic mass is 10.1. The molecule has 3 aromatic heterocycles. The summed E-state index contributed by atoms with van der Waals surface area (Å²) in [7, 11) is 0. The highest BCUT2D eigenvalue weighted by molar-refractivity contribution is 6.09. The fourth-order valence-electron chi connectivity index (χ4n) is 6.92. The van der Waals surface area contributed by atoms with Crippen LogP contribution in [0.4, 0.5) is 0 Å².